The van der Waals surface area contributed by atoms with Crippen molar-refractivity contribution in [2.45, 2.75) is 55.8 Å². The molecule has 0 heterocycles. The summed E-state index contributed by atoms with van der Waals surface area (Å²) in [6.45, 7) is 4.29. The van der Waals surface area contributed by atoms with E-state index < -0.39 is 0 Å². The lowest BCUT2D eigenvalue weighted by atomic mass is 9.97. The molecule has 1 fully saturated rings. The monoisotopic (exact) mass is 236 g/mol. The Morgan fingerprint density at radius 1 is 1.12 bits per heavy atom. The topological polar surface area (TPSA) is 20.2 Å². The van der Waals surface area contributed by atoms with Crippen molar-refractivity contribution in [3.05, 3.63) is 29.3 Å². The van der Waals surface area contributed by atoms with Crippen LogP contribution < -0.4 is 0 Å². The molecule has 88 valence electrons. The molecular formula is C14H20OS. The van der Waals surface area contributed by atoms with Crippen molar-refractivity contribution in [3.8, 4) is 0 Å². The van der Waals surface area contributed by atoms with Crippen molar-refractivity contribution in [3.63, 3.8) is 0 Å². The van der Waals surface area contributed by atoms with Crippen molar-refractivity contribution in [2.24, 2.45) is 0 Å². The maximum Gasteiger partial charge on any atom is 0.0662 e. The Bertz CT molecular complexity index is 362. The molecule has 0 aliphatic heterocycles. The van der Waals surface area contributed by atoms with E-state index >= 15 is 0 Å². The zero-order valence-electron chi connectivity index (χ0n) is 10.1. The van der Waals surface area contributed by atoms with Crippen LogP contribution in [0.1, 0.15) is 36.8 Å². The summed E-state index contributed by atoms with van der Waals surface area (Å²) in [6.07, 6.45) is 4.46. The third kappa shape index (κ3) is 2.80. The second kappa shape index (κ2) is 5.24. The summed E-state index contributed by atoms with van der Waals surface area (Å²) in [5.74, 6) is 0. The predicted octanol–water partition coefficient (Wildman–Crippen LogP) is 3.70. The third-order valence-corrected chi connectivity index (χ3v) is 4.81. The highest BCUT2D eigenvalue weighted by molar-refractivity contribution is 8.00. The highest BCUT2D eigenvalue weighted by Crippen LogP contribution is 2.34. The average molecular weight is 236 g/mol. The van der Waals surface area contributed by atoms with Gasteiger partial charge in [-0.3, -0.25) is 0 Å². The standard InChI is InChI=1S/C14H20OS/c1-10-7-8-12(9-11(10)2)16-14-6-4-3-5-13(14)15/h7-9,13-15H,3-6H2,1-2H3/t13-,14-/m1/s1. The van der Waals surface area contributed by atoms with Crippen LogP contribution in [0.5, 0.6) is 0 Å². The van der Waals surface area contributed by atoms with Gasteiger partial charge in [0.05, 0.1) is 6.10 Å². The van der Waals surface area contributed by atoms with Gasteiger partial charge in [-0.1, -0.05) is 18.9 Å². The number of aliphatic hydroxyl groups is 1. The van der Waals surface area contributed by atoms with E-state index in [1.807, 2.05) is 11.8 Å². The first-order chi connectivity index (χ1) is 7.66. The van der Waals surface area contributed by atoms with Gasteiger partial charge in [0.1, 0.15) is 0 Å². The molecule has 2 rings (SSSR count). The van der Waals surface area contributed by atoms with E-state index in [1.165, 1.54) is 28.9 Å². The van der Waals surface area contributed by atoms with Crippen LogP contribution in [0.25, 0.3) is 0 Å². The first-order valence-corrected chi connectivity index (χ1v) is 6.97. The van der Waals surface area contributed by atoms with Crippen LogP contribution in [0, 0.1) is 13.8 Å². The molecule has 2 atom stereocenters. The molecule has 0 saturated heterocycles. The number of hydrogen-bond acceptors (Lipinski definition) is 2. The largest absolute Gasteiger partial charge is 0.392 e. The molecule has 0 bridgehead atoms. The van der Waals surface area contributed by atoms with Gasteiger partial charge < -0.3 is 5.11 Å². The zero-order chi connectivity index (χ0) is 11.5. The molecular weight excluding hydrogens is 216 g/mol. The van der Waals surface area contributed by atoms with E-state index in [0.29, 0.717) is 5.25 Å². The molecule has 1 aliphatic carbocycles. The molecule has 0 radical (unpaired) electrons. The number of thioether (sulfide) groups is 1. The van der Waals surface area contributed by atoms with Gasteiger partial charge in [0, 0.05) is 10.1 Å². The van der Waals surface area contributed by atoms with Crippen LogP contribution in [-0.2, 0) is 0 Å². The molecule has 0 aromatic heterocycles. The van der Waals surface area contributed by atoms with E-state index in [0.717, 1.165) is 12.8 Å². The van der Waals surface area contributed by atoms with Gasteiger partial charge in [-0.05, 0) is 49.9 Å². The highest BCUT2D eigenvalue weighted by atomic mass is 32.2. The Hall–Kier alpha value is -0.470. The van der Waals surface area contributed by atoms with E-state index in [9.17, 15) is 5.11 Å². The molecule has 1 aromatic rings. The smallest absolute Gasteiger partial charge is 0.0662 e. The highest BCUT2D eigenvalue weighted by Gasteiger charge is 2.23. The Labute approximate surface area is 102 Å². The summed E-state index contributed by atoms with van der Waals surface area (Å²) in [5, 5.41) is 10.3. The SMILES string of the molecule is Cc1ccc(S[C@@H]2CCCC[C@H]2O)cc1C. The minimum Gasteiger partial charge on any atom is -0.392 e. The van der Waals surface area contributed by atoms with E-state index in [1.54, 1.807) is 0 Å². The molecule has 1 aliphatic rings. The van der Waals surface area contributed by atoms with E-state index in [2.05, 4.69) is 32.0 Å². The van der Waals surface area contributed by atoms with Crippen molar-refractivity contribution in [1.82, 2.24) is 0 Å². The predicted molar refractivity (Wildman–Crippen MR) is 70.0 cm³/mol. The molecule has 0 unspecified atom stereocenters. The first-order valence-electron chi connectivity index (χ1n) is 6.09. The number of hydrogen-bond donors (Lipinski definition) is 1. The summed E-state index contributed by atoms with van der Waals surface area (Å²) in [5.41, 5.74) is 2.68. The maximum atomic E-state index is 9.93. The van der Waals surface area contributed by atoms with Crippen LogP contribution >= 0.6 is 11.8 Å². The summed E-state index contributed by atoms with van der Waals surface area (Å²) >= 11 is 1.85. The van der Waals surface area contributed by atoms with Crippen LogP contribution in [-0.4, -0.2) is 16.5 Å². The summed E-state index contributed by atoms with van der Waals surface area (Å²) in [7, 11) is 0. The average Bonchev–Trinajstić information content (AvgIpc) is 2.27. The van der Waals surface area contributed by atoms with Crippen molar-refractivity contribution >= 4 is 11.8 Å². The van der Waals surface area contributed by atoms with Crippen LogP contribution in [0.2, 0.25) is 0 Å². The third-order valence-electron chi connectivity index (χ3n) is 3.43. The molecule has 1 N–H and O–H groups in total. The van der Waals surface area contributed by atoms with Crippen molar-refractivity contribution in [2.75, 3.05) is 0 Å². The van der Waals surface area contributed by atoms with Gasteiger partial charge in [-0.15, -0.1) is 11.8 Å². The van der Waals surface area contributed by atoms with Gasteiger partial charge in [-0.25, -0.2) is 0 Å². The fourth-order valence-corrected chi connectivity index (χ4v) is 3.50. The molecule has 16 heavy (non-hydrogen) atoms. The Balaban J connectivity index is 2.05. The van der Waals surface area contributed by atoms with Gasteiger partial charge >= 0.3 is 0 Å². The number of aryl methyl sites for hydroxylation is 2. The quantitative estimate of drug-likeness (QED) is 0.845. The van der Waals surface area contributed by atoms with Gasteiger partial charge in [0.25, 0.3) is 0 Å². The second-order valence-electron chi connectivity index (χ2n) is 4.75. The van der Waals surface area contributed by atoms with Gasteiger partial charge in [-0.2, -0.15) is 0 Å². The Morgan fingerprint density at radius 3 is 2.56 bits per heavy atom. The lowest BCUT2D eigenvalue weighted by Crippen LogP contribution is -2.26. The molecule has 1 nitrogen and oxygen atoms in total. The maximum absolute atomic E-state index is 9.93. The number of benzene rings is 1. The van der Waals surface area contributed by atoms with Crippen molar-refractivity contribution in [1.29, 1.82) is 0 Å². The lowest BCUT2D eigenvalue weighted by Gasteiger charge is -2.27. The zero-order valence-corrected chi connectivity index (χ0v) is 10.9. The van der Waals surface area contributed by atoms with E-state index in [4.69, 9.17) is 0 Å². The fourth-order valence-electron chi connectivity index (χ4n) is 2.18. The van der Waals surface area contributed by atoms with E-state index in [-0.39, 0.29) is 6.10 Å². The minimum absolute atomic E-state index is 0.111. The minimum atomic E-state index is -0.111. The van der Waals surface area contributed by atoms with Gasteiger partial charge in [0.15, 0.2) is 0 Å². The van der Waals surface area contributed by atoms with Crippen LogP contribution in [0.4, 0.5) is 0 Å². The van der Waals surface area contributed by atoms with Crippen LogP contribution in [0.15, 0.2) is 23.1 Å². The second-order valence-corrected chi connectivity index (χ2v) is 6.07. The fraction of sp³-hybridized carbons (Fsp3) is 0.571. The molecule has 1 aromatic carbocycles. The summed E-state index contributed by atoms with van der Waals surface area (Å²) in [6, 6.07) is 6.59. The molecule has 0 amide bonds. The normalized spacial score (nSPS) is 25.7. The number of rotatable bonds is 2. The van der Waals surface area contributed by atoms with Crippen LogP contribution in [0.3, 0.4) is 0 Å². The Kier molecular flexibility index (Phi) is 3.93. The summed E-state index contributed by atoms with van der Waals surface area (Å²) in [4.78, 5) is 1.30. The van der Waals surface area contributed by atoms with Gasteiger partial charge in [0.2, 0.25) is 0 Å². The molecule has 1 saturated carbocycles. The first kappa shape index (κ1) is 12.0. The molecule has 0 spiro atoms. The molecule has 2 heteroatoms. The lowest BCUT2D eigenvalue weighted by molar-refractivity contribution is 0.137. The Morgan fingerprint density at radius 2 is 1.88 bits per heavy atom. The van der Waals surface area contributed by atoms with Crippen molar-refractivity contribution < 1.29 is 5.11 Å². The summed E-state index contributed by atoms with van der Waals surface area (Å²) < 4.78 is 0. The number of aliphatic hydroxyl groups excluding tert-OH is 1.